The molecule has 1 atom stereocenters. The van der Waals surface area contributed by atoms with Gasteiger partial charge in [0, 0.05) is 11.4 Å². The van der Waals surface area contributed by atoms with E-state index >= 15 is 0 Å². The third-order valence-corrected chi connectivity index (χ3v) is 5.66. The van der Waals surface area contributed by atoms with Crippen LogP contribution in [0.2, 0.25) is 0 Å². The molecule has 0 aromatic carbocycles. The van der Waals surface area contributed by atoms with Crippen molar-refractivity contribution < 1.29 is 0 Å². The van der Waals surface area contributed by atoms with Gasteiger partial charge in [-0.25, -0.2) is 0 Å². The van der Waals surface area contributed by atoms with Crippen LogP contribution in [0.3, 0.4) is 0 Å². The zero-order valence-electron chi connectivity index (χ0n) is 12.6. The van der Waals surface area contributed by atoms with E-state index in [9.17, 15) is 0 Å². The maximum absolute atomic E-state index is 6.02. The third-order valence-electron chi connectivity index (χ3n) is 4.68. The minimum Gasteiger partial charge on any atom is -0.370 e. The van der Waals surface area contributed by atoms with Gasteiger partial charge >= 0.3 is 0 Å². The second-order valence-corrected chi connectivity index (χ2v) is 7.16. The number of hydrogen-bond donors (Lipinski definition) is 2. The monoisotopic (exact) mass is 306 g/mol. The van der Waals surface area contributed by atoms with Crippen molar-refractivity contribution in [1.82, 2.24) is 10.2 Å². The van der Waals surface area contributed by atoms with Gasteiger partial charge in [0.15, 0.2) is 5.96 Å². The lowest BCUT2D eigenvalue weighted by atomic mass is 9.85. The van der Waals surface area contributed by atoms with Crippen LogP contribution in [0.1, 0.15) is 43.0 Å². The van der Waals surface area contributed by atoms with Crippen LogP contribution in [0.5, 0.6) is 0 Å². The SMILES string of the molecule is NC(=NCC(c1cccs1)N1CCCC1)NCC1CCC1. The van der Waals surface area contributed by atoms with Crippen LogP contribution in [0.4, 0.5) is 0 Å². The zero-order chi connectivity index (χ0) is 14.5. The molecule has 0 spiro atoms. The first-order valence-electron chi connectivity index (χ1n) is 8.14. The molecule has 0 amide bonds. The minimum atomic E-state index is 0.400. The number of likely N-dealkylation sites (tertiary alicyclic amines) is 1. The second kappa shape index (κ2) is 7.27. The van der Waals surface area contributed by atoms with Crippen LogP contribution in [-0.4, -0.2) is 37.0 Å². The van der Waals surface area contributed by atoms with Gasteiger partial charge in [0.2, 0.25) is 0 Å². The third kappa shape index (κ3) is 3.98. The molecule has 1 aromatic heterocycles. The summed E-state index contributed by atoms with van der Waals surface area (Å²) in [5.74, 6) is 1.42. The van der Waals surface area contributed by atoms with Crippen molar-refractivity contribution in [2.45, 2.75) is 38.1 Å². The molecule has 0 radical (unpaired) electrons. The normalized spacial score (nSPS) is 22.2. The summed E-state index contributed by atoms with van der Waals surface area (Å²) >= 11 is 1.83. The highest BCUT2D eigenvalue weighted by Gasteiger charge is 2.24. The standard InChI is InChI=1S/C16H26N4S/c17-16(18-11-13-5-3-6-13)19-12-14(15-7-4-10-21-15)20-8-1-2-9-20/h4,7,10,13-14H,1-3,5-6,8-9,11-12H2,(H3,17,18,19). The van der Waals surface area contributed by atoms with Crippen molar-refractivity contribution in [3.05, 3.63) is 22.4 Å². The van der Waals surface area contributed by atoms with Crippen molar-refractivity contribution >= 4 is 17.3 Å². The van der Waals surface area contributed by atoms with Crippen LogP contribution in [-0.2, 0) is 0 Å². The lowest BCUT2D eigenvalue weighted by molar-refractivity contribution is 0.255. The van der Waals surface area contributed by atoms with E-state index in [-0.39, 0.29) is 0 Å². The fourth-order valence-electron chi connectivity index (χ4n) is 3.11. The Labute approximate surface area is 131 Å². The predicted octanol–water partition coefficient (Wildman–Crippen LogP) is 2.59. The number of nitrogens with two attached hydrogens (primary N) is 1. The molecule has 1 aromatic rings. The van der Waals surface area contributed by atoms with E-state index in [0.717, 1.165) is 19.0 Å². The Balaban J connectivity index is 1.55. The first-order chi connectivity index (χ1) is 10.3. The van der Waals surface area contributed by atoms with Gasteiger partial charge in [-0.3, -0.25) is 9.89 Å². The Hall–Kier alpha value is -1.07. The summed E-state index contributed by atoms with van der Waals surface area (Å²) in [6, 6.07) is 4.75. The number of thiophene rings is 1. The van der Waals surface area contributed by atoms with Gasteiger partial charge in [-0.1, -0.05) is 12.5 Å². The molecule has 2 heterocycles. The number of nitrogens with zero attached hydrogens (tertiary/aromatic N) is 2. The van der Waals surface area contributed by atoms with Gasteiger partial charge in [0.05, 0.1) is 12.6 Å². The molecular formula is C16H26N4S. The average molecular weight is 306 g/mol. The number of nitrogens with one attached hydrogen (secondary N) is 1. The van der Waals surface area contributed by atoms with Crippen LogP contribution < -0.4 is 11.1 Å². The van der Waals surface area contributed by atoms with Gasteiger partial charge in [-0.15, -0.1) is 11.3 Å². The molecule has 1 saturated heterocycles. The molecule has 0 bridgehead atoms. The van der Waals surface area contributed by atoms with Gasteiger partial charge in [0.25, 0.3) is 0 Å². The zero-order valence-corrected chi connectivity index (χ0v) is 13.4. The highest BCUT2D eigenvalue weighted by Crippen LogP contribution is 2.28. The maximum Gasteiger partial charge on any atom is 0.188 e. The van der Waals surface area contributed by atoms with E-state index in [4.69, 9.17) is 5.73 Å². The second-order valence-electron chi connectivity index (χ2n) is 6.18. The Morgan fingerprint density at radius 1 is 1.38 bits per heavy atom. The van der Waals surface area contributed by atoms with E-state index in [1.807, 2.05) is 11.3 Å². The average Bonchev–Trinajstić information content (AvgIpc) is 3.10. The van der Waals surface area contributed by atoms with Crippen molar-refractivity contribution in [3.63, 3.8) is 0 Å². The van der Waals surface area contributed by atoms with E-state index < -0.39 is 0 Å². The highest BCUT2D eigenvalue weighted by atomic mass is 32.1. The Bertz CT molecular complexity index is 447. The van der Waals surface area contributed by atoms with Gasteiger partial charge in [-0.05, 0) is 56.1 Å². The lowest BCUT2D eigenvalue weighted by Gasteiger charge is -2.26. The van der Waals surface area contributed by atoms with Gasteiger partial charge in [0.1, 0.15) is 0 Å². The van der Waals surface area contributed by atoms with Crippen molar-refractivity contribution in [3.8, 4) is 0 Å². The molecule has 1 aliphatic carbocycles. The summed E-state index contributed by atoms with van der Waals surface area (Å²) < 4.78 is 0. The highest BCUT2D eigenvalue weighted by molar-refractivity contribution is 7.10. The lowest BCUT2D eigenvalue weighted by Crippen LogP contribution is -2.38. The summed E-state index contributed by atoms with van der Waals surface area (Å²) in [6.07, 6.45) is 6.67. The van der Waals surface area contributed by atoms with E-state index in [2.05, 4.69) is 32.7 Å². The van der Waals surface area contributed by atoms with E-state index in [1.54, 1.807) is 0 Å². The quantitative estimate of drug-likeness (QED) is 0.627. The number of hydrogen-bond acceptors (Lipinski definition) is 3. The summed E-state index contributed by atoms with van der Waals surface area (Å²) in [7, 11) is 0. The van der Waals surface area contributed by atoms with Crippen molar-refractivity contribution in [2.75, 3.05) is 26.2 Å². The molecule has 3 rings (SSSR count). The topological polar surface area (TPSA) is 53.6 Å². The van der Waals surface area contributed by atoms with E-state index in [0.29, 0.717) is 12.0 Å². The first kappa shape index (κ1) is 14.9. The number of rotatable bonds is 6. The van der Waals surface area contributed by atoms with Gasteiger partial charge < -0.3 is 11.1 Å². The molecule has 3 N–H and O–H groups in total. The summed E-state index contributed by atoms with van der Waals surface area (Å²) in [5.41, 5.74) is 6.02. The van der Waals surface area contributed by atoms with Crippen LogP contribution in [0.25, 0.3) is 0 Å². The fraction of sp³-hybridized carbons (Fsp3) is 0.688. The van der Waals surface area contributed by atoms with Crippen LogP contribution >= 0.6 is 11.3 Å². The Kier molecular flexibility index (Phi) is 5.14. The number of guanidine groups is 1. The largest absolute Gasteiger partial charge is 0.370 e. The summed E-state index contributed by atoms with van der Waals surface area (Å²) in [4.78, 5) is 8.56. The molecule has 2 fully saturated rings. The molecule has 1 aliphatic heterocycles. The molecule has 21 heavy (non-hydrogen) atoms. The summed E-state index contributed by atoms with van der Waals surface area (Å²) in [5, 5.41) is 5.44. The first-order valence-corrected chi connectivity index (χ1v) is 9.02. The van der Waals surface area contributed by atoms with E-state index in [1.165, 1.54) is 50.1 Å². The van der Waals surface area contributed by atoms with Crippen LogP contribution in [0, 0.1) is 5.92 Å². The Morgan fingerprint density at radius 3 is 2.81 bits per heavy atom. The molecule has 2 aliphatic rings. The maximum atomic E-state index is 6.02. The fourth-order valence-corrected chi connectivity index (χ4v) is 3.96. The molecule has 4 nitrogen and oxygen atoms in total. The van der Waals surface area contributed by atoms with Crippen LogP contribution in [0.15, 0.2) is 22.5 Å². The van der Waals surface area contributed by atoms with Crippen molar-refractivity contribution in [1.29, 1.82) is 0 Å². The van der Waals surface area contributed by atoms with Crippen molar-refractivity contribution in [2.24, 2.45) is 16.6 Å². The Morgan fingerprint density at radius 2 is 2.19 bits per heavy atom. The molecule has 1 saturated carbocycles. The molecule has 5 heteroatoms. The molecular weight excluding hydrogens is 280 g/mol. The molecule has 1 unspecified atom stereocenters. The molecule has 116 valence electrons. The minimum absolute atomic E-state index is 0.400. The number of aliphatic imine (C=N–C) groups is 1. The van der Waals surface area contributed by atoms with Gasteiger partial charge in [-0.2, -0.15) is 0 Å². The summed E-state index contributed by atoms with van der Waals surface area (Å²) in [6.45, 7) is 4.13. The predicted molar refractivity (Wildman–Crippen MR) is 89.7 cm³/mol. The smallest absolute Gasteiger partial charge is 0.188 e.